The topological polar surface area (TPSA) is 57.1 Å². The van der Waals surface area contributed by atoms with E-state index in [2.05, 4.69) is 21.3 Å². The predicted octanol–water partition coefficient (Wildman–Crippen LogP) is 1.77. The number of nitrogens with zero attached hydrogens (tertiary/aromatic N) is 1. The summed E-state index contributed by atoms with van der Waals surface area (Å²) < 4.78 is 10.1. The van der Waals surface area contributed by atoms with E-state index in [0.717, 1.165) is 0 Å². The molecule has 0 heterocycles. The standard InChI is InChI=1S/C13H15NO4/c1-4-9-18-11-8-6-5-7-10(11)12(14-17-3)13(15)16-2/h4-8H,1,9H2,2-3H3. The Morgan fingerprint density at radius 3 is 2.72 bits per heavy atom. The summed E-state index contributed by atoms with van der Waals surface area (Å²) in [6.45, 7) is 3.90. The summed E-state index contributed by atoms with van der Waals surface area (Å²) in [5.74, 6) is -0.0786. The lowest BCUT2D eigenvalue weighted by molar-refractivity contribution is -0.132. The van der Waals surface area contributed by atoms with Crippen molar-refractivity contribution in [2.24, 2.45) is 5.16 Å². The van der Waals surface area contributed by atoms with Crippen LogP contribution >= 0.6 is 0 Å². The highest BCUT2D eigenvalue weighted by Gasteiger charge is 2.19. The highest BCUT2D eigenvalue weighted by Crippen LogP contribution is 2.19. The SMILES string of the molecule is C=CCOc1ccccc1C(=NOC)C(=O)OC. The Bertz CT molecular complexity index is 454. The van der Waals surface area contributed by atoms with Gasteiger partial charge in [0.05, 0.1) is 12.7 Å². The first-order chi connectivity index (χ1) is 8.74. The average molecular weight is 249 g/mol. The van der Waals surface area contributed by atoms with E-state index in [1.807, 2.05) is 0 Å². The maximum Gasteiger partial charge on any atom is 0.360 e. The summed E-state index contributed by atoms with van der Waals surface area (Å²) in [5, 5.41) is 3.67. The summed E-state index contributed by atoms with van der Waals surface area (Å²) in [6, 6.07) is 6.99. The van der Waals surface area contributed by atoms with Crippen LogP contribution in [0, 0.1) is 0 Å². The molecule has 0 unspecified atom stereocenters. The molecular weight excluding hydrogens is 234 g/mol. The number of hydrogen-bond acceptors (Lipinski definition) is 5. The van der Waals surface area contributed by atoms with Gasteiger partial charge in [0, 0.05) is 0 Å². The van der Waals surface area contributed by atoms with Gasteiger partial charge in [-0.1, -0.05) is 29.9 Å². The van der Waals surface area contributed by atoms with Crippen LogP contribution < -0.4 is 4.74 Å². The van der Waals surface area contributed by atoms with Gasteiger partial charge in [0.2, 0.25) is 0 Å². The first-order valence-electron chi connectivity index (χ1n) is 5.27. The van der Waals surface area contributed by atoms with Crippen LogP contribution in [0.25, 0.3) is 0 Å². The first kappa shape index (κ1) is 13.8. The van der Waals surface area contributed by atoms with Crippen LogP contribution in [0.1, 0.15) is 5.56 Å². The van der Waals surface area contributed by atoms with Gasteiger partial charge >= 0.3 is 5.97 Å². The lowest BCUT2D eigenvalue weighted by Crippen LogP contribution is -2.18. The van der Waals surface area contributed by atoms with E-state index in [4.69, 9.17) is 4.74 Å². The van der Waals surface area contributed by atoms with Crippen LogP contribution in [0.5, 0.6) is 5.75 Å². The fraction of sp³-hybridized carbons (Fsp3) is 0.231. The van der Waals surface area contributed by atoms with Gasteiger partial charge in [0.15, 0.2) is 5.71 Å². The third kappa shape index (κ3) is 3.35. The molecule has 0 saturated carbocycles. The lowest BCUT2D eigenvalue weighted by atomic mass is 10.1. The summed E-state index contributed by atoms with van der Waals surface area (Å²) in [7, 11) is 2.64. The number of carbonyl (C=O) groups excluding carboxylic acids is 1. The Morgan fingerprint density at radius 2 is 2.11 bits per heavy atom. The number of methoxy groups -OCH3 is 1. The molecule has 0 radical (unpaired) electrons. The highest BCUT2D eigenvalue weighted by molar-refractivity contribution is 6.43. The Kier molecular flexibility index (Phi) is 5.44. The van der Waals surface area contributed by atoms with Crippen molar-refractivity contribution in [3.8, 4) is 5.75 Å². The number of carbonyl (C=O) groups is 1. The van der Waals surface area contributed by atoms with Crippen LogP contribution in [0.3, 0.4) is 0 Å². The van der Waals surface area contributed by atoms with Crippen molar-refractivity contribution < 1.29 is 19.1 Å². The lowest BCUT2D eigenvalue weighted by Gasteiger charge is -2.10. The second-order valence-corrected chi connectivity index (χ2v) is 3.21. The second-order valence-electron chi connectivity index (χ2n) is 3.21. The summed E-state index contributed by atoms with van der Waals surface area (Å²) in [4.78, 5) is 16.3. The quantitative estimate of drug-likeness (QED) is 0.334. The van der Waals surface area contributed by atoms with Crippen molar-refractivity contribution in [2.75, 3.05) is 20.8 Å². The number of benzene rings is 1. The summed E-state index contributed by atoms with van der Waals surface area (Å²) in [5.41, 5.74) is 0.563. The smallest absolute Gasteiger partial charge is 0.360 e. The third-order valence-electron chi connectivity index (χ3n) is 2.06. The van der Waals surface area contributed by atoms with Crippen LogP contribution in [-0.4, -0.2) is 32.5 Å². The average Bonchev–Trinajstić information content (AvgIpc) is 2.42. The van der Waals surface area contributed by atoms with Gasteiger partial charge in [-0.3, -0.25) is 0 Å². The van der Waals surface area contributed by atoms with Crippen LogP contribution in [0.15, 0.2) is 42.1 Å². The minimum atomic E-state index is -0.591. The molecule has 0 aromatic heterocycles. The molecule has 0 atom stereocenters. The molecule has 0 aliphatic rings. The maximum absolute atomic E-state index is 11.6. The summed E-state index contributed by atoms with van der Waals surface area (Å²) >= 11 is 0. The van der Waals surface area contributed by atoms with E-state index in [9.17, 15) is 4.79 Å². The van der Waals surface area contributed by atoms with Crippen molar-refractivity contribution in [1.29, 1.82) is 0 Å². The van der Waals surface area contributed by atoms with Gasteiger partial charge in [-0.2, -0.15) is 0 Å². The number of oxime groups is 1. The molecule has 0 bridgehead atoms. The van der Waals surface area contributed by atoms with Crippen molar-refractivity contribution in [2.45, 2.75) is 0 Å². The van der Waals surface area contributed by atoms with E-state index >= 15 is 0 Å². The highest BCUT2D eigenvalue weighted by atomic mass is 16.6. The zero-order chi connectivity index (χ0) is 13.4. The van der Waals surface area contributed by atoms with Crippen molar-refractivity contribution in [1.82, 2.24) is 0 Å². The molecule has 0 fully saturated rings. The van der Waals surface area contributed by atoms with Gasteiger partial charge in [-0.05, 0) is 12.1 Å². The molecule has 5 nitrogen and oxygen atoms in total. The van der Waals surface area contributed by atoms with E-state index in [1.54, 1.807) is 30.3 Å². The van der Waals surface area contributed by atoms with Gasteiger partial charge in [0.1, 0.15) is 19.5 Å². The Labute approximate surface area is 106 Å². The number of rotatable bonds is 6. The fourth-order valence-electron chi connectivity index (χ4n) is 1.32. The van der Waals surface area contributed by atoms with E-state index in [0.29, 0.717) is 17.9 Å². The van der Waals surface area contributed by atoms with E-state index < -0.39 is 5.97 Å². The molecule has 5 heteroatoms. The number of para-hydroxylation sites is 1. The van der Waals surface area contributed by atoms with Crippen molar-refractivity contribution in [3.63, 3.8) is 0 Å². The zero-order valence-corrected chi connectivity index (χ0v) is 10.4. The van der Waals surface area contributed by atoms with Gasteiger partial charge < -0.3 is 14.3 Å². The van der Waals surface area contributed by atoms with Gasteiger partial charge in [-0.15, -0.1) is 0 Å². The van der Waals surface area contributed by atoms with E-state index in [-0.39, 0.29) is 5.71 Å². The molecule has 0 aliphatic heterocycles. The molecule has 1 aromatic rings. The summed E-state index contributed by atoms with van der Waals surface area (Å²) in [6.07, 6.45) is 1.61. The molecule has 0 amide bonds. The fourth-order valence-corrected chi connectivity index (χ4v) is 1.32. The molecule has 0 N–H and O–H groups in total. The van der Waals surface area contributed by atoms with Crippen LogP contribution in [0.4, 0.5) is 0 Å². The van der Waals surface area contributed by atoms with Gasteiger partial charge in [-0.25, -0.2) is 4.79 Å². The molecule has 18 heavy (non-hydrogen) atoms. The molecule has 0 saturated heterocycles. The van der Waals surface area contributed by atoms with Crippen LogP contribution in [0.2, 0.25) is 0 Å². The van der Waals surface area contributed by atoms with Gasteiger partial charge in [0.25, 0.3) is 0 Å². The maximum atomic E-state index is 11.6. The monoisotopic (exact) mass is 249 g/mol. The normalized spacial score (nSPS) is 10.7. The minimum absolute atomic E-state index is 0.0552. The zero-order valence-electron chi connectivity index (χ0n) is 10.4. The largest absolute Gasteiger partial charge is 0.489 e. The Hall–Kier alpha value is -2.30. The molecule has 0 spiro atoms. The molecule has 1 aromatic carbocycles. The molecule has 1 rings (SSSR count). The van der Waals surface area contributed by atoms with Crippen LogP contribution in [-0.2, 0) is 14.4 Å². The molecule has 0 aliphatic carbocycles. The minimum Gasteiger partial charge on any atom is -0.489 e. The van der Waals surface area contributed by atoms with Crippen molar-refractivity contribution in [3.05, 3.63) is 42.5 Å². The third-order valence-corrected chi connectivity index (χ3v) is 2.06. The molecule has 96 valence electrons. The van der Waals surface area contributed by atoms with Crippen molar-refractivity contribution >= 4 is 11.7 Å². The number of esters is 1. The predicted molar refractivity (Wildman–Crippen MR) is 67.7 cm³/mol. The first-order valence-corrected chi connectivity index (χ1v) is 5.27. The van der Waals surface area contributed by atoms with E-state index in [1.165, 1.54) is 14.2 Å². The number of hydrogen-bond donors (Lipinski definition) is 0. The second kappa shape index (κ2) is 7.11. The molecular formula is C13H15NO4. The Morgan fingerprint density at radius 1 is 1.39 bits per heavy atom. The Balaban J connectivity index is 3.15. The number of ether oxygens (including phenoxy) is 2.